The average Bonchev–Trinajstić information content (AvgIpc) is 3.89. The van der Waals surface area contributed by atoms with Crippen LogP contribution < -0.4 is 26.2 Å². The summed E-state index contributed by atoms with van der Waals surface area (Å²) in [6.45, 7) is 35.0. The van der Waals surface area contributed by atoms with Gasteiger partial charge in [0.15, 0.2) is 0 Å². The van der Waals surface area contributed by atoms with E-state index in [2.05, 4.69) is 282 Å². The summed E-state index contributed by atoms with van der Waals surface area (Å²) >= 11 is 1.93. The molecule has 0 saturated carbocycles. The van der Waals surface area contributed by atoms with E-state index >= 15 is 0 Å². The van der Waals surface area contributed by atoms with Gasteiger partial charge in [0.05, 0.1) is 16.9 Å². The molecule has 5 heteroatoms. The van der Waals surface area contributed by atoms with E-state index in [0.29, 0.717) is 0 Å². The summed E-state index contributed by atoms with van der Waals surface area (Å²) in [6, 6.07) is 63.8. The van der Waals surface area contributed by atoms with Gasteiger partial charge in [-0.1, -0.05) is 201 Å². The summed E-state index contributed by atoms with van der Waals surface area (Å²) in [4.78, 5) is 6.49. The van der Waals surface area contributed by atoms with Gasteiger partial charge >= 0.3 is 0 Å². The highest BCUT2D eigenvalue weighted by atomic mass is 32.1. The molecule has 10 aromatic rings. The highest BCUT2D eigenvalue weighted by Gasteiger charge is 2.45. The lowest BCUT2D eigenvalue weighted by Crippen LogP contribution is -2.60. The first-order valence-electron chi connectivity index (χ1n) is 27.2. The minimum Gasteiger partial charge on any atom is -0.311 e. The van der Waals surface area contributed by atoms with Gasteiger partial charge in [0.25, 0.3) is 6.71 Å². The van der Waals surface area contributed by atoms with Crippen molar-refractivity contribution in [3.63, 3.8) is 0 Å². The van der Waals surface area contributed by atoms with E-state index in [4.69, 9.17) is 0 Å². The number of nitrogens with zero attached hydrogens (tertiary/aromatic N) is 3. The van der Waals surface area contributed by atoms with E-state index in [-0.39, 0.29) is 33.8 Å². The van der Waals surface area contributed by atoms with Gasteiger partial charge in [0.1, 0.15) is 4.83 Å². The molecule has 0 N–H and O–H groups in total. The van der Waals surface area contributed by atoms with Crippen molar-refractivity contribution in [2.45, 2.75) is 131 Å². The summed E-state index contributed by atoms with van der Waals surface area (Å²) in [5, 5.41) is 4.02. The van der Waals surface area contributed by atoms with E-state index in [1.807, 2.05) is 11.3 Å². The predicted molar refractivity (Wildman–Crippen MR) is 329 cm³/mol. The highest BCUT2D eigenvalue weighted by molar-refractivity contribution is 7.26. The summed E-state index contributed by atoms with van der Waals surface area (Å²) in [6.07, 6.45) is 0. The van der Waals surface area contributed by atoms with Crippen molar-refractivity contribution < 1.29 is 0 Å². The molecule has 0 bridgehead atoms. The molecule has 2 aromatic heterocycles. The molecule has 4 heterocycles. The molecule has 0 saturated heterocycles. The number of thiophene rings is 1. The van der Waals surface area contributed by atoms with Crippen LogP contribution in [0.25, 0.3) is 48.0 Å². The van der Waals surface area contributed by atoms with Gasteiger partial charge in [-0.05, 0) is 144 Å². The molecular formula is C70H72BN3S. The van der Waals surface area contributed by atoms with Gasteiger partial charge in [-0.2, -0.15) is 0 Å². The van der Waals surface area contributed by atoms with E-state index in [9.17, 15) is 0 Å². The minimum absolute atomic E-state index is 0.0111. The number of rotatable bonds is 5. The van der Waals surface area contributed by atoms with Crippen LogP contribution in [0.2, 0.25) is 0 Å². The molecule has 2 aliphatic rings. The fourth-order valence-corrected chi connectivity index (χ4v) is 13.2. The number of hydrogen-bond donors (Lipinski definition) is 0. The fourth-order valence-electron chi connectivity index (χ4n) is 12.0. The first-order valence-corrected chi connectivity index (χ1v) is 28.0. The van der Waals surface area contributed by atoms with Crippen LogP contribution >= 0.6 is 11.3 Å². The number of fused-ring (bicyclic) bond motifs is 9. The van der Waals surface area contributed by atoms with Crippen molar-refractivity contribution in [3.8, 4) is 16.8 Å². The molecule has 0 spiro atoms. The Morgan fingerprint density at radius 3 is 1.53 bits per heavy atom. The van der Waals surface area contributed by atoms with E-state index in [0.717, 1.165) is 17.1 Å². The van der Waals surface area contributed by atoms with Crippen LogP contribution in [0.5, 0.6) is 0 Å². The third kappa shape index (κ3) is 8.06. The lowest BCUT2D eigenvalue weighted by Gasteiger charge is -2.43. The lowest BCUT2D eigenvalue weighted by atomic mass is 9.33. The fraction of sp³-hybridized carbons (Fsp3) is 0.286. The zero-order valence-corrected chi connectivity index (χ0v) is 47.7. The minimum atomic E-state index is -0.0896. The molecule has 0 fully saturated rings. The van der Waals surface area contributed by atoms with Crippen LogP contribution in [-0.4, -0.2) is 11.3 Å². The third-order valence-corrected chi connectivity index (χ3v) is 17.5. The molecule has 376 valence electrons. The van der Waals surface area contributed by atoms with Crippen LogP contribution in [0.3, 0.4) is 0 Å². The topological polar surface area (TPSA) is 11.4 Å². The maximum absolute atomic E-state index is 2.69. The Kier molecular flexibility index (Phi) is 11.0. The predicted octanol–water partition coefficient (Wildman–Crippen LogP) is 18.2. The van der Waals surface area contributed by atoms with Gasteiger partial charge in [-0.3, -0.25) is 0 Å². The van der Waals surface area contributed by atoms with Gasteiger partial charge < -0.3 is 14.4 Å². The van der Waals surface area contributed by atoms with Gasteiger partial charge in [0, 0.05) is 54.9 Å². The molecule has 3 nitrogen and oxygen atoms in total. The Hall–Kier alpha value is -6.82. The van der Waals surface area contributed by atoms with E-state index in [1.165, 1.54) is 109 Å². The maximum atomic E-state index is 2.69. The largest absolute Gasteiger partial charge is 0.311 e. The molecule has 2 aliphatic heterocycles. The van der Waals surface area contributed by atoms with Crippen molar-refractivity contribution in [1.82, 2.24) is 4.57 Å². The molecule has 0 atom stereocenters. The molecule has 0 unspecified atom stereocenters. The molecular weight excluding hydrogens is 926 g/mol. The molecule has 12 rings (SSSR count). The quantitative estimate of drug-likeness (QED) is 0.159. The molecule has 75 heavy (non-hydrogen) atoms. The Bertz CT molecular complexity index is 3840. The smallest absolute Gasteiger partial charge is 0.252 e. The lowest BCUT2D eigenvalue weighted by molar-refractivity contribution is 0.590. The monoisotopic (exact) mass is 998 g/mol. The van der Waals surface area contributed by atoms with Crippen molar-refractivity contribution in [2.75, 3.05) is 9.80 Å². The van der Waals surface area contributed by atoms with Crippen LogP contribution in [-0.2, 0) is 27.1 Å². The summed E-state index contributed by atoms with van der Waals surface area (Å²) < 4.78 is 4.00. The zero-order chi connectivity index (χ0) is 52.9. The maximum Gasteiger partial charge on any atom is 0.252 e. The second kappa shape index (κ2) is 16.8. The van der Waals surface area contributed by atoms with Gasteiger partial charge in [-0.25, -0.2) is 0 Å². The van der Waals surface area contributed by atoms with Crippen LogP contribution in [0.15, 0.2) is 164 Å². The molecule has 8 aromatic carbocycles. The summed E-state index contributed by atoms with van der Waals surface area (Å²) in [5.41, 5.74) is 22.5. The first-order chi connectivity index (χ1) is 35.4. The Morgan fingerprint density at radius 2 is 0.933 bits per heavy atom. The van der Waals surface area contributed by atoms with Crippen LogP contribution in [0.4, 0.5) is 34.1 Å². The number of hydrogen-bond acceptors (Lipinski definition) is 3. The molecule has 0 aliphatic carbocycles. The van der Waals surface area contributed by atoms with Crippen molar-refractivity contribution in [1.29, 1.82) is 0 Å². The standard InChI is InChI=1S/C70H72BN3S/c1-66(2,3)44-25-31-49(32-26-44)72(50-33-27-45(28-34-50)67(4,5)6)51-41-59-63-60(42-51)74-64-54(62-52-23-19-20-24-61(52)75-65(62)74)38-48(70(13,14)15)39-56(64)71(63)55-35-29-47(69(10,11)12)40-58(55)73(59)57-36-30-46(68(7,8)9)37-53(57)43-21-17-16-18-22-43/h16-42H,1-15H3. The van der Waals surface area contributed by atoms with Crippen LogP contribution in [0.1, 0.15) is 132 Å². The number of benzene rings is 8. The average molecular weight is 998 g/mol. The van der Waals surface area contributed by atoms with Gasteiger partial charge in [-0.15, -0.1) is 11.3 Å². The Labute approximate surface area is 451 Å². The summed E-state index contributed by atoms with van der Waals surface area (Å²) in [7, 11) is 0. The number of aromatic nitrogens is 1. The zero-order valence-electron chi connectivity index (χ0n) is 46.9. The Balaban J connectivity index is 1.27. The number of anilines is 6. The molecule has 0 radical (unpaired) electrons. The highest BCUT2D eigenvalue weighted by Crippen LogP contribution is 2.51. The van der Waals surface area contributed by atoms with Crippen LogP contribution in [0, 0.1) is 0 Å². The van der Waals surface area contributed by atoms with Crippen molar-refractivity contribution >= 4 is 99.8 Å². The second-order valence-electron chi connectivity index (χ2n) is 26.8. The Morgan fingerprint density at radius 1 is 0.400 bits per heavy atom. The second-order valence-corrected chi connectivity index (χ2v) is 27.8. The first kappa shape index (κ1) is 49.1. The SMILES string of the molecule is CC(C)(C)c1ccc(N(c2ccc(C(C)(C)C)cc2)c2cc3c4c(c2)-n2c5sc6ccccc6c5c5cc(C(C)(C)C)cc(c52)B4c2ccc(C(C)(C)C)cc2N3c2ccc(C(C)(C)C)cc2-c2ccccc2)cc1. The van der Waals surface area contributed by atoms with Crippen molar-refractivity contribution in [3.05, 3.63) is 192 Å². The summed E-state index contributed by atoms with van der Waals surface area (Å²) in [5.74, 6) is 0. The van der Waals surface area contributed by atoms with E-state index < -0.39 is 0 Å². The van der Waals surface area contributed by atoms with E-state index in [1.54, 1.807) is 0 Å². The normalized spacial score (nSPS) is 13.7. The van der Waals surface area contributed by atoms with Gasteiger partial charge in [0.2, 0.25) is 0 Å². The molecule has 0 amide bonds. The van der Waals surface area contributed by atoms with Crippen molar-refractivity contribution in [2.24, 2.45) is 0 Å². The third-order valence-electron chi connectivity index (χ3n) is 16.4.